The molecule has 2 aromatic heterocycles. The Morgan fingerprint density at radius 2 is 1.84 bits per heavy atom. The lowest BCUT2D eigenvalue weighted by molar-refractivity contribution is 1.13. The van der Waals surface area contributed by atoms with Crippen LogP contribution in [-0.2, 0) is 0 Å². The van der Waals surface area contributed by atoms with Gasteiger partial charge in [-0.25, -0.2) is 9.97 Å². The van der Waals surface area contributed by atoms with Gasteiger partial charge in [-0.3, -0.25) is 4.98 Å². The number of fused-ring (bicyclic) bond motifs is 1. The SMILES string of the molecule is CNc1ncnc(-c2cccc3cccnc23)c1C. The highest BCUT2D eigenvalue weighted by molar-refractivity contribution is 5.93. The lowest BCUT2D eigenvalue weighted by Crippen LogP contribution is -1.99. The molecule has 0 bridgehead atoms. The third-order valence-corrected chi connectivity index (χ3v) is 3.21. The Kier molecular flexibility index (Phi) is 2.83. The maximum absolute atomic E-state index is 4.47. The molecule has 94 valence electrons. The van der Waals surface area contributed by atoms with Crippen LogP contribution in [0.15, 0.2) is 42.9 Å². The second-order valence-electron chi connectivity index (χ2n) is 4.33. The Hall–Kier alpha value is -2.49. The fraction of sp³-hybridized carbons (Fsp3) is 0.133. The van der Waals surface area contributed by atoms with Gasteiger partial charge in [-0.2, -0.15) is 0 Å². The Balaban J connectivity index is 2.31. The summed E-state index contributed by atoms with van der Waals surface area (Å²) in [6, 6.07) is 10.1. The van der Waals surface area contributed by atoms with Crippen LogP contribution >= 0.6 is 0 Å². The second kappa shape index (κ2) is 4.65. The molecule has 19 heavy (non-hydrogen) atoms. The van der Waals surface area contributed by atoms with Crippen molar-refractivity contribution < 1.29 is 0 Å². The van der Waals surface area contributed by atoms with Crippen molar-refractivity contribution in [3.05, 3.63) is 48.4 Å². The van der Waals surface area contributed by atoms with Crippen LogP contribution in [0, 0.1) is 6.92 Å². The highest BCUT2D eigenvalue weighted by Crippen LogP contribution is 2.29. The second-order valence-corrected chi connectivity index (χ2v) is 4.33. The van der Waals surface area contributed by atoms with E-state index in [9.17, 15) is 0 Å². The maximum Gasteiger partial charge on any atom is 0.132 e. The molecule has 0 amide bonds. The lowest BCUT2D eigenvalue weighted by Gasteiger charge is -2.10. The predicted octanol–water partition coefficient (Wildman–Crippen LogP) is 3.04. The molecular weight excluding hydrogens is 236 g/mol. The van der Waals surface area contributed by atoms with Crippen molar-refractivity contribution in [2.24, 2.45) is 0 Å². The third-order valence-electron chi connectivity index (χ3n) is 3.21. The van der Waals surface area contributed by atoms with Gasteiger partial charge in [0.1, 0.15) is 12.1 Å². The van der Waals surface area contributed by atoms with Crippen molar-refractivity contribution in [3.63, 3.8) is 0 Å². The van der Waals surface area contributed by atoms with Gasteiger partial charge in [0.25, 0.3) is 0 Å². The van der Waals surface area contributed by atoms with Crippen molar-refractivity contribution >= 4 is 16.7 Å². The number of nitrogens with one attached hydrogen (secondary N) is 1. The Bertz CT molecular complexity index is 732. The van der Waals surface area contributed by atoms with Crippen molar-refractivity contribution in [1.29, 1.82) is 0 Å². The number of hydrogen-bond donors (Lipinski definition) is 1. The molecule has 0 aliphatic rings. The van der Waals surface area contributed by atoms with E-state index in [1.165, 1.54) is 0 Å². The molecule has 3 aromatic rings. The van der Waals surface area contributed by atoms with Gasteiger partial charge in [0.2, 0.25) is 0 Å². The first-order chi connectivity index (χ1) is 9.31. The minimum atomic E-state index is 0.845. The summed E-state index contributed by atoms with van der Waals surface area (Å²) < 4.78 is 0. The molecule has 0 atom stereocenters. The number of aromatic nitrogens is 3. The number of hydrogen-bond acceptors (Lipinski definition) is 4. The van der Waals surface area contributed by atoms with E-state index in [0.29, 0.717) is 0 Å². The minimum absolute atomic E-state index is 0.845. The molecule has 2 heterocycles. The molecule has 4 heteroatoms. The molecule has 1 aromatic carbocycles. The zero-order valence-corrected chi connectivity index (χ0v) is 10.9. The van der Waals surface area contributed by atoms with Crippen molar-refractivity contribution in [1.82, 2.24) is 15.0 Å². The van der Waals surface area contributed by atoms with Crippen LogP contribution in [0.5, 0.6) is 0 Å². The normalized spacial score (nSPS) is 10.6. The molecule has 1 N–H and O–H groups in total. The lowest BCUT2D eigenvalue weighted by atomic mass is 10.0. The number of anilines is 1. The van der Waals surface area contributed by atoms with Crippen molar-refractivity contribution in [3.8, 4) is 11.3 Å². The number of nitrogens with zero attached hydrogens (tertiary/aromatic N) is 3. The molecule has 0 aliphatic heterocycles. The first kappa shape index (κ1) is 11.6. The van der Waals surface area contributed by atoms with E-state index in [2.05, 4.69) is 32.4 Å². The molecule has 0 saturated heterocycles. The van der Waals surface area contributed by atoms with Crippen LogP contribution in [-0.4, -0.2) is 22.0 Å². The predicted molar refractivity (Wildman–Crippen MR) is 77.1 cm³/mol. The standard InChI is InChI=1S/C15H14N4/c1-10-13(18-9-19-15(10)16-2)12-7-3-5-11-6-4-8-17-14(11)12/h3-9H,1-2H3,(H,16,18,19). The molecular formula is C15H14N4. The van der Waals surface area contributed by atoms with Crippen LogP contribution in [0.2, 0.25) is 0 Å². The summed E-state index contributed by atoms with van der Waals surface area (Å²) in [5, 5.41) is 4.20. The number of rotatable bonds is 2. The Labute approximate surface area is 111 Å². The fourth-order valence-corrected chi connectivity index (χ4v) is 2.27. The average Bonchev–Trinajstić information content (AvgIpc) is 2.47. The largest absolute Gasteiger partial charge is 0.373 e. The summed E-state index contributed by atoms with van der Waals surface area (Å²) in [6.07, 6.45) is 3.39. The van der Waals surface area contributed by atoms with E-state index in [1.54, 1.807) is 12.5 Å². The number of para-hydroxylation sites is 1. The monoisotopic (exact) mass is 250 g/mol. The molecule has 0 spiro atoms. The van der Waals surface area contributed by atoms with E-state index in [-0.39, 0.29) is 0 Å². The first-order valence-electron chi connectivity index (χ1n) is 6.14. The van der Waals surface area contributed by atoms with E-state index < -0.39 is 0 Å². The third kappa shape index (κ3) is 1.91. The highest BCUT2D eigenvalue weighted by Gasteiger charge is 2.11. The van der Waals surface area contributed by atoms with E-state index >= 15 is 0 Å². The van der Waals surface area contributed by atoms with Crippen LogP contribution in [0.3, 0.4) is 0 Å². The average molecular weight is 250 g/mol. The topological polar surface area (TPSA) is 50.7 Å². The van der Waals surface area contributed by atoms with Gasteiger partial charge in [0.05, 0.1) is 11.2 Å². The van der Waals surface area contributed by atoms with Crippen LogP contribution in [0.1, 0.15) is 5.56 Å². The van der Waals surface area contributed by atoms with E-state index in [0.717, 1.165) is 33.5 Å². The summed E-state index contributed by atoms with van der Waals surface area (Å²) in [5.74, 6) is 0.845. The summed E-state index contributed by atoms with van der Waals surface area (Å²) >= 11 is 0. The number of benzene rings is 1. The first-order valence-corrected chi connectivity index (χ1v) is 6.14. The zero-order chi connectivity index (χ0) is 13.2. The van der Waals surface area contributed by atoms with Crippen molar-refractivity contribution in [2.45, 2.75) is 6.92 Å². The molecule has 3 rings (SSSR count). The molecule has 0 fully saturated rings. The molecule has 0 unspecified atom stereocenters. The Morgan fingerprint density at radius 3 is 2.68 bits per heavy atom. The number of pyridine rings is 1. The van der Waals surface area contributed by atoms with Gasteiger partial charge in [-0.1, -0.05) is 24.3 Å². The quantitative estimate of drug-likeness (QED) is 0.759. The summed E-state index contributed by atoms with van der Waals surface area (Å²) in [7, 11) is 1.86. The smallest absolute Gasteiger partial charge is 0.132 e. The zero-order valence-electron chi connectivity index (χ0n) is 10.9. The molecule has 4 nitrogen and oxygen atoms in total. The van der Waals surface area contributed by atoms with Gasteiger partial charge in [-0.05, 0) is 13.0 Å². The molecule has 0 saturated carbocycles. The van der Waals surface area contributed by atoms with E-state index in [1.807, 2.05) is 32.2 Å². The summed E-state index contributed by atoms with van der Waals surface area (Å²) in [4.78, 5) is 13.1. The summed E-state index contributed by atoms with van der Waals surface area (Å²) in [6.45, 7) is 2.02. The van der Waals surface area contributed by atoms with Crippen LogP contribution < -0.4 is 5.32 Å². The van der Waals surface area contributed by atoms with Crippen LogP contribution in [0.4, 0.5) is 5.82 Å². The maximum atomic E-state index is 4.47. The van der Waals surface area contributed by atoms with Gasteiger partial charge >= 0.3 is 0 Å². The summed E-state index contributed by atoms with van der Waals surface area (Å²) in [5.41, 5.74) is 3.95. The van der Waals surface area contributed by atoms with Gasteiger partial charge in [0.15, 0.2) is 0 Å². The van der Waals surface area contributed by atoms with Gasteiger partial charge in [0, 0.05) is 29.8 Å². The molecule has 0 aliphatic carbocycles. The van der Waals surface area contributed by atoms with E-state index in [4.69, 9.17) is 0 Å². The minimum Gasteiger partial charge on any atom is -0.373 e. The highest BCUT2D eigenvalue weighted by atomic mass is 15.0. The molecule has 0 radical (unpaired) electrons. The van der Waals surface area contributed by atoms with Gasteiger partial charge in [-0.15, -0.1) is 0 Å². The Morgan fingerprint density at radius 1 is 1.00 bits per heavy atom. The fourth-order valence-electron chi connectivity index (χ4n) is 2.27. The van der Waals surface area contributed by atoms with Crippen LogP contribution in [0.25, 0.3) is 22.2 Å². The van der Waals surface area contributed by atoms with Crippen molar-refractivity contribution in [2.75, 3.05) is 12.4 Å². The van der Waals surface area contributed by atoms with Gasteiger partial charge < -0.3 is 5.32 Å².